The number of rotatable bonds is 3. The third-order valence-corrected chi connectivity index (χ3v) is 3.46. The molecule has 1 aliphatic heterocycles. The number of aromatic nitrogens is 2. The van der Waals surface area contributed by atoms with Gasteiger partial charge in [-0.25, -0.2) is 4.98 Å². The van der Waals surface area contributed by atoms with E-state index in [2.05, 4.69) is 11.9 Å². The van der Waals surface area contributed by atoms with E-state index in [0.29, 0.717) is 29.3 Å². The molecular weight excluding hydrogens is 254 g/mol. The van der Waals surface area contributed by atoms with E-state index < -0.39 is 0 Å². The van der Waals surface area contributed by atoms with Gasteiger partial charge in [0.2, 0.25) is 5.88 Å². The molecule has 2 aromatic rings. The molecule has 2 heterocycles. The average molecular weight is 271 g/mol. The Morgan fingerprint density at radius 1 is 1.45 bits per heavy atom. The maximum atomic E-state index is 8.28. The van der Waals surface area contributed by atoms with E-state index in [1.54, 1.807) is 13.4 Å². The summed E-state index contributed by atoms with van der Waals surface area (Å²) in [5, 5.41) is 8.28. The minimum Gasteiger partial charge on any atom is -0.493 e. The van der Waals surface area contributed by atoms with E-state index in [4.69, 9.17) is 14.9 Å². The van der Waals surface area contributed by atoms with Crippen LogP contribution < -0.4 is 15.0 Å². The molecule has 3 rings (SSSR count). The molecule has 5 heteroatoms. The molecule has 1 aliphatic rings. The zero-order chi connectivity index (χ0) is 14.1. The lowest BCUT2D eigenvalue weighted by molar-refractivity contribution is 0.362. The highest BCUT2D eigenvalue weighted by Gasteiger charge is 2.23. The molecule has 0 atom stereocenters. The standard InChI is InChI=1S/C15H17N3O2/c1-3-7-18-9-17-15-11(14(18)16)8-10-5-4-6-12(19-2)13(10)20-15/h4-6,9,16H,3,7-8H2,1-2H3. The fraction of sp³-hybridized carbons (Fsp3) is 0.333. The molecule has 0 spiro atoms. The maximum absolute atomic E-state index is 8.28. The van der Waals surface area contributed by atoms with Crippen LogP contribution in [-0.4, -0.2) is 16.7 Å². The lowest BCUT2D eigenvalue weighted by atomic mass is 10.0. The van der Waals surface area contributed by atoms with Gasteiger partial charge in [0.25, 0.3) is 0 Å². The highest BCUT2D eigenvalue weighted by atomic mass is 16.5. The predicted octanol–water partition coefficient (Wildman–Crippen LogP) is 2.48. The summed E-state index contributed by atoms with van der Waals surface area (Å²) in [5.41, 5.74) is 2.34. The molecule has 0 radical (unpaired) electrons. The molecule has 20 heavy (non-hydrogen) atoms. The SMILES string of the molecule is CCCn1cnc2c(c1=N)Cc1cccc(OC)c1O2. The predicted molar refractivity (Wildman–Crippen MR) is 74.2 cm³/mol. The van der Waals surface area contributed by atoms with Crippen molar-refractivity contribution in [1.29, 1.82) is 5.41 Å². The van der Waals surface area contributed by atoms with Crippen molar-refractivity contribution < 1.29 is 9.47 Å². The number of aryl methyl sites for hydroxylation is 1. The van der Waals surface area contributed by atoms with Crippen LogP contribution in [0.1, 0.15) is 24.5 Å². The minimum absolute atomic E-state index is 0.477. The van der Waals surface area contributed by atoms with Crippen LogP contribution in [-0.2, 0) is 13.0 Å². The number of nitrogens with zero attached hydrogens (tertiary/aromatic N) is 2. The Morgan fingerprint density at radius 3 is 3.05 bits per heavy atom. The first-order valence-corrected chi connectivity index (χ1v) is 6.71. The molecule has 104 valence electrons. The van der Waals surface area contributed by atoms with Gasteiger partial charge in [0.05, 0.1) is 12.7 Å². The van der Waals surface area contributed by atoms with Crippen molar-refractivity contribution in [3.63, 3.8) is 0 Å². The van der Waals surface area contributed by atoms with Crippen molar-refractivity contribution in [1.82, 2.24) is 9.55 Å². The normalized spacial score (nSPS) is 12.3. The number of benzene rings is 1. The fourth-order valence-electron chi connectivity index (χ4n) is 2.45. The summed E-state index contributed by atoms with van der Waals surface area (Å²) in [7, 11) is 1.62. The van der Waals surface area contributed by atoms with Gasteiger partial charge in [-0.3, -0.25) is 5.41 Å². The summed E-state index contributed by atoms with van der Waals surface area (Å²) in [6.07, 6.45) is 3.30. The zero-order valence-electron chi connectivity index (χ0n) is 11.6. The number of nitrogens with one attached hydrogen (secondary N) is 1. The molecule has 1 aromatic carbocycles. The van der Waals surface area contributed by atoms with E-state index in [1.165, 1.54) is 0 Å². The Hall–Kier alpha value is -2.30. The van der Waals surface area contributed by atoms with Crippen molar-refractivity contribution in [3.05, 3.63) is 41.1 Å². The molecule has 1 aromatic heterocycles. The van der Waals surface area contributed by atoms with Crippen molar-refractivity contribution >= 4 is 0 Å². The number of ether oxygens (including phenoxy) is 2. The highest BCUT2D eigenvalue weighted by molar-refractivity contribution is 5.53. The first-order valence-electron chi connectivity index (χ1n) is 6.71. The molecule has 5 nitrogen and oxygen atoms in total. The summed E-state index contributed by atoms with van der Waals surface area (Å²) < 4.78 is 13.0. The van der Waals surface area contributed by atoms with Crippen LogP contribution in [0.25, 0.3) is 0 Å². The number of para-hydroxylation sites is 1. The summed E-state index contributed by atoms with van der Waals surface area (Å²) in [6, 6.07) is 5.80. The molecule has 0 amide bonds. The molecule has 0 bridgehead atoms. The van der Waals surface area contributed by atoms with Crippen LogP contribution in [0, 0.1) is 5.41 Å². The van der Waals surface area contributed by atoms with Crippen LogP contribution >= 0.6 is 0 Å². The first kappa shape index (κ1) is 12.7. The summed E-state index contributed by atoms with van der Waals surface area (Å²) in [6.45, 7) is 2.88. The molecular formula is C15H17N3O2. The number of hydrogen-bond donors (Lipinski definition) is 1. The molecule has 0 saturated carbocycles. The molecule has 0 aliphatic carbocycles. The monoisotopic (exact) mass is 271 g/mol. The molecule has 0 fully saturated rings. The van der Waals surface area contributed by atoms with Crippen LogP contribution in [0.4, 0.5) is 0 Å². The average Bonchev–Trinajstić information content (AvgIpc) is 2.48. The lowest BCUT2D eigenvalue weighted by Gasteiger charge is -2.22. The number of hydrogen-bond acceptors (Lipinski definition) is 4. The summed E-state index contributed by atoms with van der Waals surface area (Å²) in [4.78, 5) is 4.34. The Morgan fingerprint density at radius 2 is 2.30 bits per heavy atom. The summed E-state index contributed by atoms with van der Waals surface area (Å²) >= 11 is 0. The number of methoxy groups -OCH3 is 1. The lowest BCUT2D eigenvalue weighted by Crippen LogP contribution is -2.27. The quantitative estimate of drug-likeness (QED) is 0.796. The van der Waals surface area contributed by atoms with E-state index in [-0.39, 0.29) is 0 Å². The van der Waals surface area contributed by atoms with E-state index in [9.17, 15) is 0 Å². The van der Waals surface area contributed by atoms with Crippen LogP contribution in [0.2, 0.25) is 0 Å². The number of fused-ring (bicyclic) bond motifs is 2. The van der Waals surface area contributed by atoms with Gasteiger partial charge >= 0.3 is 0 Å². The Labute approximate surface area is 117 Å². The van der Waals surface area contributed by atoms with Crippen molar-refractivity contribution in [2.24, 2.45) is 0 Å². The van der Waals surface area contributed by atoms with Crippen LogP contribution in [0.5, 0.6) is 17.4 Å². The molecule has 1 N–H and O–H groups in total. The van der Waals surface area contributed by atoms with Gasteiger partial charge in [0.1, 0.15) is 11.8 Å². The Kier molecular flexibility index (Phi) is 3.18. The second-order valence-electron chi connectivity index (χ2n) is 4.80. The van der Waals surface area contributed by atoms with Crippen LogP contribution in [0.15, 0.2) is 24.5 Å². The van der Waals surface area contributed by atoms with Gasteiger partial charge in [0, 0.05) is 18.5 Å². The van der Waals surface area contributed by atoms with Crippen molar-refractivity contribution in [2.75, 3.05) is 7.11 Å². The zero-order valence-corrected chi connectivity index (χ0v) is 11.6. The minimum atomic E-state index is 0.477. The third-order valence-electron chi connectivity index (χ3n) is 3.46. The Bertz CT molecular complexity index is 707. The molecule has 0 saturated heterocycles. The van der Waals surface area contributed by atoms with Crippen LogP contribution in [0.3, 0.4) is 0 Å². The maximum Gasteiger partial charge on any atom is 0.228 e. The van der Waals surface area contributed by atoms with Gasteiger partial charge in [-0.1, -0.05) is 19.1 Å². The van der Waals surface area contributed by atoms with Gasteiger partial charge < -0.3 is 14.0 Å². The van der Waals surface area contributed by atoms with E-state index in [1.807, 2.05) is 22.8 Å². The van der Waals surface area contributed by atoms with Gasteiger partial charge in [-0.05, 0) is 12.5 Å². The van der Waals surface area contributed by atoms with Gasteiger partial charge in [-0.2, -0.15) is 0 Å². The third kappa shape index (κ3) is 1.95. The smallest absolute Gasteiger partial charge is 0.228 e. The topological polar surface area (TPSA) is 60.1 Å². The highest BCUT2D eigenvalue weighted by Crippen LogP contribution is 2.39. The van der Waals surface area contributed by atoms with Crippen molar-refractivity contribution in [2.45, 2.75) is 26.3 Å². The fourth-order valence-corrected chi connectivity index (χ4v) is 2.45. The van der Waals surface area contributed by atoms with Crippen molar-refractivity contribution in [3.8, 4) is 17.4 Å². The molecule has 0 unspecified atom stereocenters. The second-order valence-corrected chi connectivity index (χ2v) is 4.80. The van der Waals surface area contributed by atoms with E-state index >= 15 is 0 Å². The largest absolute Gasteiger partial charge is 0.493 e. The second kappa shape index (κ2) is 5.00. The Balaban J connectivity index is 2.08. The summed E-state index contributed by atoms with van der Waals surface area (Å²) in [5.74, 6) is 1.92. The van der Waals surface area contributed by atoms with Gasteiger partial charge in [0.15, 0.2) is 11.5 Å². The van der Waals surface area contributed by atoms with Gasteiger partial charge in [-0.15, -0.1) is 0 Å². The van der Waals surface area contributed by atoms with E-state index in [0.717, 1.165) is 24.1 Å². The first-order chi connectivity index (χ1) is 9.74.